The van der Waals surface area contributed by atoms with E-state index < -0.39 is 0 Å². The van der Waals surface area contributed by atoms with Crippen LogP contribution in [0.25, 0.3) is 5.69 Å². The van der Waals surface area contributed by atoms with Gasteiger partial charge in [0.05, 0.1) is 17.4 Å². The standard InChI is InChI=1S/C18H16ClN3O2/c1-21(18(24)16-9-14(19)7-8-17(16)23)11-13-10-20-22(12-13)15-5-3-2-4-6-15/h2-10,12,23H,11H2,1H3. The first kappa shape index (κ1) is 16.1. The van der Waals surface area contributed by atoms with Gasteiger partial charge in [0, 0.05) is 30.4 Å². The number of phenolic OH excluding ortho intramolecular Hbond substituents is 1. The Morgan fingerprint density at radius 1 is 1.25 bits per heavy atom. The van der Waals surface area contributed by atoms with E-state index in [1.54, 1.807) is 17.9 Å². The summed E-state index contributed by atoms with van der Waals surface area (Å²) in [7, 11) is 1.67. The first-order valence-corrected chi connectivity index (χ1v) is 7.75. The van der Waals surface area contributed by atoms with Crippen LogP contribution in [0.1, 0.15) is 15.9 Å². The van der Waals surface area contributed by atoms with Crippen LogP contribution in [0.5, 0.6) is 5.75 Å². The fraction of sp³-hybridized carbons (Fsp3) is 0.111. The van der Waals surface area contributed by atoms with Gasteiger partial charge in [-0.1, -0.05) is 29.8 Å². The Bertz CT molecular complexity index is 862. The maximum absolute atomic E-state index is 12.5. The molecule has 0 bridgehead atoms. The summed E-state index contributed by atoms with van der Waals surface area (Å²) in [5.41, 5.74) is 2.02. The van der Waals surface area contributed by atoms with E-state index in [1.807, 2.05) is 36.5 Å². The van der Waals surface area contributed by atoms with E-state index >= 15 is 0 Å². The van der Waals surface area contributed by atoms with E-state index in [4.69, 9.17) is 11.6 Å². The third-order valence-corrected chi connectivity index (χ3v) is 3.85. The van der Waals surface area contributed by atoms with Gasteiger partial charge in [-0.25, -0.2) is 4.68 Å². The number of rotatable bonds is 4. The van der Waals surface area contributed by atoms with Gasteiger partial charge in [0.1, 0.15) is 5.75 Å². The molecule has 0 unspecified atom stereocenters. The molecule has 0 aliphatic heterocycles. The molecule has 3 aromatic rings. The molecule has 3 rings (SSSR count). The fourth-order valence-corrected chi connectivity index (χ4v) is 2.57. The second-order valence-electron chi connectivity index (χ2n) is 5.45. The first-order valence-electron chi connectivity index (χ1n) is 7.37. The summed E-state index contributed by atoms with van der Waals surface area (Å²) in [5.74, 6) is -0.390. The number of carbonyl (C=O) groups excluding carboxylic acids is 1. The normalized spacial score (nSPS) is 10.6. The van der Waals surface area contributed by atoms with Crippen LogP contribution in [-0.2, 0) is 6.54 Å². The SMILES string of the molecule is CN(Cc1cnn(-c2ccccc2)c1)C(=O)c1cc(Cl)ccc1O. The predicted molar refractivity (Wildman–Crippen MR) is 92.5 cm³/mol. The van der Waals surface area contributed by atoms with Crippen LogP contribution in [0.3, 0.4) is 0 Å². The highest BCUT2D eigenvalue weighted by Gasteiger charge is 2.17. The van der Waals surface area contributed by atoms with Crippen molar-refractivity contribution in [3.05, 3.63) is 77.1 Å². The second-order valence-corrected chi connectivity index (χ2v) is 5.89. The van der Waals surface area contributed by atoms with Crippen molar-refractivity contribution in [2.75, 3.05) is 7.05 Å². The Balaban J connectivity index is 1.75. The summed E-state index contributed by atoms with van der Waals surface area (Å²) in [6.45, 7) is 0.373. The molecule has 1 amide bonds. The Hall–Kier alpha value is -2.79. The van der Waals surface area contributed by atoms with Crippen molar-refractivity contribution in [3.63, 3.8) is 0 Å². The molecule has 6 heteroatoms. The Labute approximate surface area is 144 Å². The number of aromatic nitrogens is 2. The van der Waals surface area contributed by atoms with Gasteiger partial charge in [0.15, 0.2) is 0 Å². The van der Waals surface area contributed by atoms with Crippen molar-refractivity contribution in [1.82, 2.24) is 14.7 Å². The minimum atomic E-state index is -0.303. The molecule has 2 aromatic carbocycles. The minimum Gasteiger partial charge on any atom is -0.507 e. The van der Waals surface area contributed by atoms with Crippen molar-refractivity contribution in [2.45, 2.75) is 6.54 Å². The van der Waals surface area contributed by atoms with E-state index in [1.165, 1.54) is 23.1 Å². The lowest BCUT2D eigenvalue weighted by molar-refractivity contribution is 0.0782. The summed E-state index contributed by atoms with van der Waals surface area (Å²) in [6.07, 6.45) is 3.59. The quantitative estimate of drug-likeness (QED) is 0.790. The Kier molecular flexibility index (Phi) is 4.53. The van der Waals surface area contributed by atoms with Gasteiger partial charge >= 0.3 is 0 Å². The maximum Gasteiger partial charge on any atom is 0.257 e. The van der Waals surface area contributed by atoms with Crippen molar-refractivity contribution in [3.8, 4) is 11.4 Å². The van der Waals surface area contributed by atoms with E-state index in [0.717, 1.165) is 11.3 Å². The van der Waals surface area contributed by atoms with Gasteiger partial charge in [-0.05, 0) is 30.3 Å². The van der Waals surface area contributed by atoms with Gasteiger partial charge in [0.25, 0.3) is 5.91 Å². The Morgan fingerprint density at radius 2 is 2.00 bits per heavy atom. The number of phenols is 1. The molecule has 0 fully saturated rings. The lowest BCUT2D eigenvalue weighted by atomic mass is 10.1. The van der Waals surface area contributed by atoms with E-state index in [2.05, 4.69) is 5.10 Å². The molecule has 0 aliphatic rings. The van der Waals surface area contributed by atoms with Crippen molar-refractivity contribution >= 4 is 17.5 Å². The topological polar surface area (TPSA) is 58.4 Å². The fourth-order valence-electron chi connectivity index (χ4n) is 2.39. The number of hydrogen-bond acceptors (Lipinski definition) is 3. The molecule has 24 heavy (non-hydrogen) atoms. The number of aromatic hydroxyl groups is 1. The molecule has 0 aliphatic carbocycles. The summed E-state index contributed by atoms with van der Waals surface area (Å²) in [6, 6.07) is 14.1. The van der Waals surface area contributed by atoms with Crippen LogP contribution in [0.4, 0.5) is 0 Å². The molecular formula is C18H16ClN3O2. The van der Waals surface area contributed by atoms with Gasteiger partial charge in [-0.3, -0.25) is 4.79 Å². The van der Waals surface area contributed by atoms with Crippen LogP contribution in [0.2, 0.25) is 5.02 Å². The number of carbonyl (C=O) groups is 1. The van der Waals surface area contributed by atoms with Crippen molar-refractivity contribution < 1.29 is 9.90 Å². The van der Waals surface area contributed by atoms with Crippen molar-refractivity contribution in [1.29, 1.82) is 0 Å². The molecule has 1 N–H and O–H groups in total. The first-order chi connectivity index (χ1) is 11.5. The van der Waals surface area contributed by atoms with E-state index in [-0.39, 0.29) is 17.2 Å². The minimum absolute atomic E-state index is 0.0868. The average Bonchev–Trinajstić information content (AvgIpc) is 3.05. The largest absolute Gasteiger partial charge is 0.507 e. The molecule has 0 saturated heterocycles. The van der Waals surface area contributed by atoms with Crippen LogP contribution in [0, 0.1) is 0 Å². The highest BCUT2D eigenvalue weighted by atomic mass is 35.5. The lowest BCUT2D eigenvalue weighted by Gasteiger charge is -2.17. The molecule has 0 spiro atoms. The number of halogens is 1. The third-order valence-electron chi connectivity index (χ3n) is 3.61. The zero-order chi connectivity index (χ0) is 17.1. The summed E-state index contributed by atoms with van der Waals surface area (Å²) in [5, 5.41) is 14.6. The van der Waals surface area contributed by atoms with E-state index in [0.29, 0.717) is 11.6 Å². The van der Waals surface area contributed by atoms with E-state index in [9.17, 15) is 9.90 Å². The zero-order valence-electron chi connectivity index (χ0n) is 13.1. The number of hydrogen-bond donors (Lipinski definition) is 1. The summed E-state index contributed by atoms with van der Waals surface area (Å²) in [4.78, 5) is 14.0. The third kappa shape index (κ3) is 3.41. The average molecular weight is 342 g/mol. The maximum atomic E-state index is 12.5. The van der Waals surface area contributed by atoms with Gasteiger partial charge in [0.2, 0.25) is 0 Å². The molecule has 122 valence electrons. The monoisotopic (exact) mass is 341 g/mol. The highest BCUT2D eigenvalue weighted by Crippen LogP contribution is 2.23. The number of amides is 1. The number of para-hydroxylation sites is 1. The molecule has 0 radical (unpaired) electrons. The highest BCUT2D eigenvalue weighted by molar-refractivity contribution is 6.31. The van der Waals surface area contributed by atoms with Gasteiger partial charge < -0.3 is 10.0 Å². The Morgan fingerprint density at radius 3 is 2.75 bits per heavy atom. The molecule has 1 heterocycles. The smallest absolute Gasteiger partial charge is 0.257 e. The zero-order valence-corrected chi connectivity index (χ0v) is 13.8. The molecule has 1 aromatic heterocycles. The van der Waals surface area contributed by atoms with Crippen molar-refractivity contribution in [2.24, 2.45) is 0 Å². The van der Waals surface area contributed by atoms with Gasteiger partial charge in [-0.2, -0.15) is 5.10 Å². The number of nitrogens with zero attached hydrogens (tertiary/aromatic N) is 3. The summed E-state index contributed by atoms with van der Waals surface area (Å²) >= 11 is 5.90. The molecule has 0 saturated carbocycles. The van der Waals surface area contributed by atoms with Crippen LogP contribution in [-0.4, -0.2) is 32.7 Å². The van der Waals surface area contributed by atoms with Crippen LogP contribution < -0.4 is 0 Å². The predicted octanol–water partition coefficient (Wildman–Crippen LogP) is 3.50. The molecule has 0 atom stereocenters. The summed E-state index contributed by atoms with van der Waals surface area (Å²) < 4.78 is 1.75. The number of benzene rings is 2. The second kappa shape index (κ2) is 6.76. The van der Waals surface area contributed by atoms with Crippen LogP contribution in [0.15, 0.2) is 60.9 Å². The molecule has 5 nitrogen and oxygen atoms in total. The van der Waals surface area contributed by atoms with Crippen LogP contribution >= 0.6 is 11.6 Å². The lowest BCUT2D eigenvalue weighted by Crippen LogP contribution is -2.26. The molecular weight excluding hydrogens is 326 g/mol. The van der Waals surface area contributed by atoms with Gasteiger partial charge in [-0.15, -0.1) is 0 Å².